The molecule has 0 aliphatic carbocycles. The maximum Gasteiger partial charge on any atom is 0.252 e. The van der Waals surface area contributed by atoms with Crippen molar-refractivity contribution in [1.29, 1.82) is 5.26 Å². The van der Waals surface area contributed by atoms with Crippen LogP contribution in [0.3, 0.4) is 0 Å². The van der Waals surface area contributed by atoms with Gasteiger partial charge in [0.05, 0.1) is 39.6 Å². The zero-order chi connectivity index (χ0) is 31.6. The van der Waals surface area contributed by atoms with Gasteiger partial charge in [-0.3, -0.25) is 4.79 Å². The smallest absolute Gasteiger partial charge is 0.252 e. The number of hydrogen-bond acceptors (Lipinski definition) is 5. The number of anilines is 1. The van der Waals surface area contributed by atoms with Crippen molar-refractivity contribution in [3.05, 3.63) is 117 Å². The molecule has 7 nitrogen and oxygen atoms in total. The molecule has 0 spiro atoms. The summed E-state index contributed by atoms with van der Waals surface area (Å²) in [6.45, 7) is 7.34. The van der Waals surface area contributed by atoms with Crippen LogP contribution < -0.4 is 10.7 Å². The second-order valence-electron chi connectivity index (χ2n) is 10.9. The lowest BCUT2D eigenvalue weighted by Gasteiger charge is -2.30. The zero-order valence-corrected chi connectivity index (χ0v) is 27.4. The number of benzene rings is 3. The van der Waals surface area contributed by atoms with E-state index in [1.54, 1.807) is 30.7 Å². The van der Waals surface area contributed by atoms with Crippen LogP contribution in [0.4, 0.5) is 5.69 Å². The molecular weight excluding hydrogens is 611 g/mol. The standard InChI is InChI=1S/C34H36Cl2N6OS/c1-4-23(2)16-17-39-42(34(44)40-30-11-6-5-8-24(30)3)33(43)28(18-27-9-7-10-29(35)32(27)36)31-20-38-22-41(31)21-26-14-12-25(19-37)13-15-26/h5-15,20,22-23,28,39H,4,16-18,21H2,1-3H3,(H,40,44)/t23-,28?/m0/s1. The Morgan fingerprint density at radius 2 is 1.86 bits per heavy atom. The number of nitriles is 1. The minimum absolute atomic E-state index is 0.244. The Balaban J connectivity index is 1.72. The van der Waals surface area contributed by atoms with Crippen molar-refractivity contribution >= 4 is 52.1 Å². The van der Waals surface area contributed by atoms with Crippen LogP contribution in [0.25, 0.3) is 0 Å². The maximum absolute atomic E-state index is 14.7. The first-order valence-electron chi connectivity index (χ1n) is 14.6. The van der Waals surface area contributed by atoms with Crippen LogP contribution in [0.5, 0.6) is 0 Å². The molecule has 4 rings (SSSR count). The highest BCUT2D eigenvalue weighted by molar-refractivity contribution is 7.80. The monoisotopic (exact) mass is 646 g/mol. The fourth-order valence-corrected chi connectivity index (χ4v) is 5.46. The van der Waals surface area contributed by atoms with Crippen molar-refractivity contribution in [1.82, 2.24) is 20.0 Å². The topological polar surface area (TPSA) is 86.0 Å². The summed E-state index contributed by atoms with van der Waals surface area (Å²) in [6, 6.07) is 22.7. The van der Waals surface area contributed by atoms with Crippen molar-refractivity contribution in [2.75, 3.05) is 11.9 Å². The minimum Gasteiger partial charge on any atom is -0.331 e. The summed E-state index contributed by atoms with van der Waals surface area (Å²) in [5.41, 5.74) is 8.13. The molecule has 3 aromatic carbocycles. The molecular formula is C34H36Cl2N6OS. The Labute approximate surface area is 274 Å². The van der Waals surface area contributed by atoms with Crippen LogP contribution in [0.1, 0.15) is 60.6 Å². The number of halogens is 2. The van der Waals surface area contributed by atoms with Gasteiger partial charge in [-0.05, 0) is 78.9 Å². The zero-order valence-electron chi connectivity index (χ0n) is 25.1. The SMILES string of the molecule is CC[C@H](C)CCNN(C(=O)C(Cc1cccc(Cl)c1Cl)c1cncn1Cc1ccc(C#N)cc1)C(=S)Nc1ccccc1C. The molecule has 1 aromatic heterocycles. The third kappa shape index (κ3) is 8.46. The van der Waals surface area contributed by atoms with Crippen molar-refractivity contribution in [2.24, 2.45) is 5.92 Å². The molecule has 0 aliphatic rings. The third-order valence-corrected chi connectivity index (χ3v) is 8.85. The van der Waals surface area contributed by atoms with Gasteiger partial charge >= 0.3 is 0 Å². The number of imidazole rings is 1. The second kappa shape index (κ2) is 15.8. The number of rotatable bonds is 12. The minimum atomic E-state index is -0.709. The van der Waals surface area contributed by atoms with Crippen molar-refractivity contribution < 1.29 is 4.79 Å². The number of amides is 1. The average Bonchev–Trinajstić information content (AvgIpc) is 3.48. The summed E-state index contributed by atoms with van der Waals surface area (Å²) in [7, 11) is 0. The van der Waals surface area contributed by atoms with Crippen LogP contribution in [0.2, 0.25) is 10.0 Å². The van der Waals surface area contributed by atoms with Gasteiger partial charge in [0.15, 0.2) is 5.11 Å². The van der Waals surface area contributed by atoms with E-state index in [2.05, 4.69) is 35.6 Å². The molecule has 0 saturated carbocycles. The third-order valence-electron chi connectivity index (χ3n) is 7.71. The summed E-state index contributed by atoms with van der Waals surface area (Å²) in [6.07, 6.45) is 5.59. The lowest BCUT2D eigenvalue weighted by molar-refractivity contribution is -0.131. The molecule has 4 aromatic rings. The van der Waals surface area contributed by atoms with Crippen LogP contribution in [-0.4, -0.2) is 32.1 Å². The number of nitrogens with one attached hydrogen (secondary N) is 2. The fraction of sp³-hybridized carbons (Fsp3) is 0.294. The van der Waals surface area contributed by atoms with E-state index in [1.165, 1.54) is 5.01 Å². The highest BCUT2D eigenvalue weighted by atomic mass is 35.5. The van der Waals surface area contributed by atoms with Gasteiger partial charge in [0.1, 0.15) is 0 Å². The quantitative estimate of drug-likeness (QED) is 0.120. The summed E-state index contributed by atoms with van der Waals surface area (Å²) < 4.78 is 1.94. The number of aryl methyl sites for hydroxylation is 1. The van der Waals surface area contributed by atoms with E-state index in [0.29, 0.717) is 40.3 Å². The first kappa shape index (κ1) is 33.2. The molecule has 2 N–H and O–H groups in total. The second-order valence-corrected chi connectivity index (χ2v) is 12.0. The molecule has 10 heteroatoms. The summed E-state index contributed by atoms with van der Waals surface area (Å²) >= 11 is 18.9. The molecule has 0 saturated heterocycles. The molecule has 2 atom stereocenters. The largest absolute Gasteiger partial charge is 0.331 e. The van der Waals surface area contributed by atoms with Gasteiger partial charge in [-0.1, -0.05) is 85.9 Å². The molecule has 0 aliphatic heterocycles. The Kier molecular flexibility index (Phi) is 11.9. The molecule has 1 amide bonds. The highest BCUT2D eigenvalue weighted by Gasteiger charge is 2.32. The lowest BCUT2D eigenvalue weighted by Crippen LogP contribution is -2.51. The molecule has 0 radical (unpaired) electrons. The van der Waals surface area contributed by atoms with E-state index >= 15 is 0 Å². The van der Waals surface area contributed by atoms with Gasteiger partial charge in [0.2, 0.25) is 0 Å². The Hall–Kier alpha value is -3.74. The molecule has 44 heavy (non-hydrogen) atoms. The number of carbonyl (C=O) groups excluding carboxylic acids is 1. The number of hydrogen-bond donors (Lipinski definition) is 2. The van der Waals surface area contributed by atoms with Gasteiger partial charge in [0, 0.05) is 25.0 Å². The lowest BCUT2D eigenvalue weighted by atomic mass is 9.94. The van der Waals surface area contributed by atoms with Crippen LogP contribution >= 0.6 is 35.4 Å². The van der Waals surface area contributed by atoms with E-state index in [4.69, 9.17) is 35.4 Å². The van der Waals surface area contributed by atoms with Crippen LogP contribution in [0.15, 0.2) is 79.3 Å². The van der Waals surface area contributed by atoms with Gasteiger partial charge in [-0.15, -0.1) is 0 Å². The van der Waals surface area contributed by atoms with Gasteiger partial charge in [-0.2, -0.15) is 5.26 Å². The fourth-order valence-electron chi connectivity index (χ4n) is 4.80. The van der Waals surface area contributed by atoms with Gasteiger partial charge in [0.25, 0.3) is 5.91 Å². The van der Waals surface area contributed by atoms with Gasteiger partial charge in [-0.25, -0.2) is 15.4 Å². The highest BCUT2D eigenvalue weighted by Crippen LogP contribution is 2.32. The molecule has 0 fully saturated rings. The van der Waals surface area contributed by atoms with E-state index in [1.807, 2.05) is 60.0 Å². The van der Waals surface area contributed by atoms with E-state index in [0.717, 1.165) is 35.2 Å². The van der Waals surface area contributed by atoms with E-state index in [-0.39, 0.29) is 17.4 Å². The van der Waals surface area contributed by atoms with Crippen molar-refractivity contribution in [3.63, 3.8) is 0 Å². The van der Waals surface area contributed by atoms with E-state index < -0.39 is 5.92 Å². The number of nitrogens with zero attached hydrogens (tertiary/aromatic N) is 4. The Morgan fingerprint density at radius 3 is 2.57 bits per heavy atom. The predicted molar refractivity (Wildman–Crippen MR) is 182 cm³/mol. The maximum atomic E-state index is 14.7. The Morgan fingerprint density at radius 1 is 1.11 bits per heavy atom. The summed E-state index contributed by atoms with van der Waals surface area (Å²) in [5.74, 6) is -0.482. The molecule has 1 heterocycles. The van der Waals surface area contributed by atoms with Crippen molar-refractivity contribution in [3.8, 4) is 6.07 Å². The van der Waals surface area contributed by atoms with Crippen molar-refractivity contribution in [2.45, 2.75) is 52.5 Å². The van der Waals surface area contributed by atoms with E-state index in [9.17, 15) is 10.1 Å². The molecule has 0 bridgehead atoms. The number of aromatic nitrogens is 2. The van der Waals surface area contributed by atoms with Crippen LogP contribution in [0, 0.1) is 24.2 Å². The molecule has 228 valence electrons. The number of hydrazine groups is 1. The predicted octanol–water partition coefficient (Wildman–Crippen LogP) is 7.91. The Bertz CT molecular complexity index is 1630. The summed E-state index contributed by atoms with van der Waals surface area (Å²) in [5, 5.41) is 15.0. The summed E-state index contributed by atoms with van der Waals surface area (Å²) in [4.78, 5) is 19.1. The first-order valence-corrected chi connectivity index (χ1v) is 15.7. The first-order chi connectivity index (χ1) is 21.2. The number of para-hydroxylation sites is 1. The van der Waals surface area contributed by atoms with Crippen LogP contribution in [-0.2, 0) is 17.8 Å². The number of carbonyl (C=O) groups is 1. The average molecular weight is 648 g/mol. The normalized spacial score (nSPS) is 12.3. The molecule has 1 unspecified atom stereocenters. The number of thiocarbonyl (C=S) groups is 1. The van der Waals surface area contributed by atoms with Gasteiger partial charge < -0.3 is 9.88 Å².